The van der Waals surface area contributed by atoms with E-state index in [0.29, 0.717) is 5.56 Å². The van der Waals surface area contributed by atoms with E-state index in [2.05, 4.69) is 10.1 Å². The normalized spacial score (nSPS) is 11.4. The molecule has 0 aliphatic heterocycles. The summed E-state index contributed by atoms with van der Waals surface area (Å²) in [4.78, 5) is 22.1. The van der Waals surface area contributed by atoms with E-state index in [9.17, 15) is 22.8 Å². The van der Waals surface area contributed by atoms with Crippen LogP contribution in [0.4, 0.5) is 18.2 Å². The summed E-state index contributed by atoms with van der Waals surface area (Å²) in [7, 11) is 0. The van der Waals surface area contributed by atoms with Gasteiger partial charge in [0.2, 0.25) is 0 Å². The number of nitrogens with one attached hydrogen (secondary N) is 1. The molecule has 0 aliphatic carbocycles. The van der Waals surface area contributed by atoms with Gasteiger partial charge in [0.1, 0.15) is 18.1 Å². The number of carboxylic acids is 1. The Labute approximate surface area is 110 Å². The Balaban J connectivity index is 2.49. The van der Waals surface area contributed by atoms with E-state index in [-0.39, 0.29) is 9.88 Å². The minimum Gasteiger partial charge on any atom is -0.477 e. The molecule has 0 unspecified atom stereocenters. The van der Waals surface area contributed by atoms with Crippen molar-refractivity contribution in [3.05, 3.63) is 16.5 Å². The van der Waals surface area contributed by atoms with Crippen LogP contribution in [-0.2, 0) is 9.53 Å². The lowest BCUT2D eigenvalue weighted by Crippen LogP contribution is -2.23. The van der Waals surface area contributed by atoms with Gasteiger partial charge in [-0.25, -0.2) is 4.79 Å². The number of rotatable bonds is 5. The first kappa shape index (κ1) is 15.4. The number of halogens is 3. The predicted octanol–water partition coefficient (Wildman–Crippen LogP) is 2.27. The Kier molecular flexibility index (Phi) is 4.90. The average molecular weight is 297 g/mol. The van der Waals surface area contributed by atoms with Gasteiger partial charge in [-0.15, -0.1) is 11.3 Å². The number of thiophene rings is 1. The van der Waals surface area contributed by atoms with Crippen molar-refractivity contribution in [3.63, 3.8) is 0 Å². The average Bonchev–Trinajstić information content (AvgIpc) is 2.57. The lowest BCUT2D eigenvalue weighted by atomic mass is 10.3. The third-order valence-corrected chi connectivity index (χ3v) is 3.01. The molecule has 0 bridgehead atoms. The molecule has 0 aromatic carbocycles. The summed E-state index contributed by atoms with van der Waals surface area (Å²) >= 11 is 0.826. The van der Waals surface area contributed by atoms with Gasteiger partial charge in [-0.05, 0) is 18.6 Å². The van der Waals surface area contributed by atoms with Crippen LogP contribution in [0.25, 0.3) is 0 Å². The lowest BCUT2D eigenvalue weighted by molar-refractivity contribution is -0.174. The minimum atomic E-state index is -4.49. The highest BCUT2D eigenvalue weighted by Crippen LogP contribution is 2.26. The second-order valence-electron chi connectivity index (χ2n) is 3.58. The van der Waals surface area contributed by atoms with Crippen molar-refractivity contribution in [3.8, 4) is 0 Å². The van der Waals surface area contributed by atoms with E-state index < -0.39 is 31.3 Å². The molecule has 2 N–H and O–H groups in total. The van der Waals surface area contributed by atoms with Gasteiger partial charge in [-0.3, -0.25) is 4.79 Å². The summed E-state index contributed by atoms with van der Waals surface area (Å²) < 4.78 is 39.4. The number of aromatic carboxylic acids is 1. The third-order valence-electron chi connectivity index (χ3n) is 1.87. The van der Waals surface area contributed by atoms with Crippen molar-refractivity contribution < 1.29 is 32.6 Å². The van der Waals surface area contributed by atoms with Crippen molar-refractivity contribution in [2.75, 3.05) is 18.5 Å². The van der Waals surface area contributed by atoms with E-state index in [1.165, 1.54) is 6.07 Å². The first-order valence-electron chi connectivity index (χ1n) is 4.97. The summed E-state index contributed by atoms with van der Waals surface area (Å²) in [5, 5.41) is 11.3. The van der Waals surface area contributed by atoms with Crippen molar-refractivity contribution in [2.45, 2.75) is 13.1 Å². The van der Waals surface area contributed by atoms with Crippen LogP contribution >= 0.6 is 11.3 Å². The summed E-state index contributed by atoms with van der Waals surface area (Å²) in [5.41, 5.74) is 0.462. The standard InChI is InChI=1S/C10H10F3NO4S/c1-5-2-7(19-8(5)9(16)17)14-6(15)3-18-4-10(11,12)13/h2H,3-4H2,1H3,(H,14,15)(H,16,17). The molecule has 9 heteroatoms. The van der Waals surface area contributed by atoms with Crippen LogP contribution in [0, 0.1) is 6.92 Å². The lowest BCUT2D eigenvalue weighted by Gasteiger charge is -2.07. The molecule has 1 aromatic heterocycles. The molecule has 0 saturated carbocycles. The molecule has 1 amide bonds. The van der Waals surface area contributed by atoms with Gasteiger partial charge in [0.15, 0.2) is 0 Å². The Hall–Kier alpha value is -1.61. The van der Waals surface area contributed by atoms with Crippen molar-refractivity contribution >= 4 is 28.2 Å². The first-order chi connectivity index (χ1) is 8.69. The molecule has 0 saturated heterocycles. The molecule has 19 heavy (non-hydrogen) atoms. The van der Waals surface area contributed by atoms with Crippen LogP contribution < -0.4 is 5.32 Å². The van der Waals surface area contributed by atoms with E-state index >= 15 is 0 Å². The monoisotopic (exact) mass is 297 g/mol. The van der Waals surface area contributed by atoms with Gasteiger partial charge in [0, 0.05) is 0 Å². The fraction of sp³-hybridized carbons (Fsp3) is 0.400. The predicted molar refractivity (Wildman–Crippen MR) is 61.5 cm³/mol. The number of ether oxygens (including phenoxy) is 1. The highest BCUT2D eigenvalue weighted by molar-refractivity contribution is 7.18. The Bertz CT molecular complexity index is 484. The molecule has 0 aliphatic rings. The summed E-state index contributed by atoms with van der Waals surface area (Å²) in [6.07, 6.45) is -4.49. The van der Waals surface area contributed by atoms with Gasteiger partial charge in [0.05, 0.1) is 5.00 Å². The molecule has 1 heterocycles. The van der Waals surface area contributed by atoms with E-state index in [4.69, 9.17) is 5.11 Å². The second kappa shape index (κ2) is 6.02. The van der Waals surface area contributed by atoms with Crippen LogP contribution in [0.2, 0.25) is 0 Å². The maximum atomic E-state index is 11.8. The first-order valence-corrected chi connectivity index (χ1v) is 5.79. The van der Waals surface area contributed by atoms with Gasteiger partial charge in [0.25, 0.3) is 5.91 Å². The number of hydrogen-bond acceptors (Lipinski definition) is 4. The number of carbonyl (C=O) groups is 2. The number of anilines is 1. The van der Waals surface area contributed by atoms with Crippen molar-refractivity contribution in [2.24, 2.45) is 0 Å². The molecule has 1 aromatic rings. The molecule has 106 valence electrons. The van der Waals surface area contributed by atoms with Gasteiger partial charge in [-0.2, -0.15) is 13.2 Å². The molecule has 0 radical (unpaired) electrons. The van der Waals surface area contributed by atoms with Gasteiger partial charge < -0.3 is 15.2 Å². The van der Waals surface area contributed by atoms with E-state index in [1.54, 1.807) is 6.92 Å². The van der Waals surface area contributed by atoms with Gasteiger partial charge in [-0.1, -0.05) is 0 Å². The fourth-order valence-electron chi connectivity index (χ4n) is 1.19. The molecule has 0 atom stereocenters. The van der Waals surface area contributed by atoms with Crippen molar-refractivity contribution in [1.82, 2.24) is 0 Å². The minimum absolute atomic E-state index is 0.0616. The topological polar surface area (TPSA) is 75.6 Å². The molecular weight excluding hydrogens is 287 g/mol. The highest BCUT2D eigenvalue weighted by Gasteiger charge is 2.27. The molecular formula is C10H10F3NO4S. The fourth-order valence-corrected chi connectivity index (χ4v) is 2.12. The smallest absolute Gasteiger partial charge is 0.411 e. The summed E-state index contributed by atoms with van der Waals surface area (Å²) in [6.45, 7) is -0.709. The number of amides is 1. The largest absolute Gasteiger partial charge is 0.477 e. The van der Waals surface area contributed by atoms with E-state index in [1.807, 2.05) is 0 Å². The van der Waals surface area contributed by atoms with E-state index in [0.717, 1.165) is 11.3 Å². The summed E-state index contributed by atoms with van der Waals surface area (Å²) in [5.74, 6) is -1.90. The molecule has 5 nitrogen and oxygen atoms in total. The number of carboxylic acid groups (broad SMARTS) is 1. The number of carbonyl (C=O) groups excluding carboxylic acids is 1. The summed E-state index contributed by atoms with van der Waals surface area (Å²) in [6, 6.07) is 1.43. The SMILES string of the molecule is Cc1cc(NC(=O)COCC(F)(F)F)sc1C(=O)O. The highest BCUT2D eigenvalue weighted by atomic mass is 32.1. The molecule has 0 spiro atoms. The zero-order chi connectivity index (χ0) is 14.6. The Morgan fingerprint density at radius 1 is 1.47 bits per heavy atom. The number of aryl methyl sites for hydroxylation is 1. The number of hydrogen-bond donors (Lipinski definition) is 2. The van der Waals surface area contributed by atoms with Crippen LogP contribution in [0.1, 0.15) is 15.2 Å². The van der Waals surface area contributed by atoms with Gasteiger partial charge >= 0.3 is 12.1 Å². The maximum absolute atomic E-state index is 11.8. The zero-order valence-corrected chi connectivity index (χ0v) is 10.5. The number of alkyl halides is 3. The quantitative estimate of drug-likeness (QED) is 0.874. The van der Waals surface area contributed by atoms with Crippen LogP contribution in [-0.4, -0.2) is 36.4 Å². The third kappa shape index (κ3) is 5.26. The van der Waals surface area contributed by atoms with Crippen LogP contribution in [0.3, 0.4) is 0 Å². The Morgan fingerprint density at radius 3 is 2.58 bits per heavy atom. The maximum Gasteiger partial charge on any atom is 0.411 e. The molecule has 1 rings (SSSR count). The second-order valence-corrected chi connectivity index (χ2v) is 4.64. The van der Waals surface area contributed by atoms with Crippen LogP contribution in [0.5, 0.6) is 0 Å². The molecule has 0 fully saturated rings. The zero-order valence-electron chi connectivity index (χ0n) is 9.71. The van der Waals surface area contributed by atoms with Crippen LogP contribution in [0.15, 0.2) is 6.07 Å². The Morgan fingerprint density at radius 2 is 2.11 bits per heavy atom. The van der Waals surface area contributed by atoms with Crippen molar-refractivity contribution in [1.29, 1.82) is 0 Å².